The van der Waals surface area contributed by atoms with Gasteiger partial charge in [0.1, 0.15) is 5.75 Å². The fraction of sp³-hybridized carbons (Fsp3) is 0.0833. The molecule has 3 aromatic rings. The molecule has 0 unspecified atom stereocenters. The molecule has 0 atom stereocenters. The molecule has 33 heavy (non-hydrogen) atoms. The van der Waals surface area contributed by atoms with Gasteiger partial charge in [0.05, 0.1) is 16.3 Å². The van der Waals surface area contributed by atoms with Crippen LogP contribution in [0.2, 0.25) is 5.02 Å². The summed E-state index contributed by atoms with van der Waals surface area (Å²) in [5.74, 6) is -2.21. The first kappa shape index (κ1) is 24.2. The lowest BCUT2D eigenvalue weighted by molar-refractivity contribution is -0.136. The first-order valence-corrected chi connectivity index (χ1v) is 10.9. The Hall–Kier alpha value is -3.49. The van der Waals surface area contributed by atoms with Gasteiger partial charge in [-0.15, -0.1) is 0 Å². The molecule has 0 heterocycles. The minimum absolute atomic E-state index is 0.219. The number of amides is 2. The van der Waals surface area contributed by atoms with Gasteiger partial charge in [0, 0.05) is 15.7 Å². The van der Waals surface area contributed by atoms with E-state index in [0.29, 0.717) is 17.0 Å². The van der Waals surface area contributed by atoms with Gasteiger partial charge in [0.2, 0.25) is 0 Å². The number of ether oxygens (including phenoxy) is 1. The third-order valence-corrected chi connectivity index (χ3v) is 5.36. The maximum atomic E-state index is 12.5. The van der Waals surface area contributed by atoms with Crippen LogP contribution in [0.1, 0.15) is 28.4 Å². The summed E-state index contributed by atoms with van der Waals surface area (Å²) in [5.41, 5.74) is 4.53. The SMILES string of the molecule is C/C(=N\NC(=O)C(=O)Nc1ccc(Br)cc1C)c1ccccc1OC(=O)c1ccccc1Cl. The lowest BCUT2D eigenvalue weighted by atomic mass is 10.1. The number of carbonyl (C=O) groups excluding carboxylic acids is 3. The molecule has 0 saturated heterocycles. The van der Waals surface area contributed by atoms with Gasteiger partial charge in [0.15, 0.2) is 0 Å². The summed E-state index contributed by atoms with van der Waals surface area (Å²) in [6.07, 6.45) is 0. The van der Waals surface area contributed by atoms with E-state index in [1.165, 1.54) is 0 Å². The van der Waals surface area contributed by atoms with Crippen molar-refractivity contribution in [3.05, 3.63) is 92.9 Å². The molecule has 0 saturated carbocycles. The number of carbonyl (C=O) groups is 3. The number of aryl methyl sites for hydroxylation is 1. The highest BCUT2D eigenvalue weighted by molar-refractivity contribution is 9.10. The van der Waals surface area contributed by atoms with Crippen molar-refractivity contribution in [1.29, 1.82) is 0 Å². The molecule has 0 aromatic heterocycles. The minimum Gasteiger partial charge on any atom is -0.422 e. The molecule has 0 aliphatic carbocycles. The van der Waals surface area contributed by atoms with E-state index in [1.54, 1.807) is 74.5 Å². The molecular weight excluding hydrogens is 510 g/mol. The number of para-hydroxylation sites is 1. The molecule has 168 valence electrons. The summed E-state index contributed by atoms with van der Waals surface area (Å²) in [4.78, 5) is 36.9. The Labute approximate surface area is 203 Å². The molecule has 0 spiro atoms. The number of rotatable bonds is 5. The maximum Gasteiger partial charge on any atom is 0.345 e. The van der Waals surface area contributed by atoms with Gasteiger partial charge >= 0.3 is 17.8 Å². The summed E-state index contributed by atoms with van der Waals surface area (Å²) in [6.45, 7) is 3.42. The molecule has 0 bridgehead atoms. The van der Waals surface area contributed by atoms with Crippen LogP contribution in [0.4, 0.5) is 5.69 Å². The summed E-state index contributed by atoms with van der Waals surface area (Å²) in [5, 5.41) is 6.79. The summed E-state index contributed by atoms with van der Waals surface area (Å²) in [7, 11) is 0. The van der Waals surface area contributed by atoms with Crippen LogP contribution in [-0.4, -0.2) is 23.5 Å². The van der Waals surface area contributed by atoms with Crippen LogP contribution in [0.5, 0.6) is 5.75 Å². The van der Waals surface area contributed by atoms with Gasteiger partial charge in [-0.1, -0.05) is 51.8 Å². The third kappa shape index (κ3) is 6.27. The van der Waals surface area contributed by atoms with E-state index in [2.05, 4.69) is 31.8 Å². The quantitative estimate of drug-likeness (QED) is 0.158. The summed E-state index contributed by atoms with van der Waals surface area (Å²) >= 11 is 9.41. The maximum absolute atomic E-state index is 12.5. The Morgan fingerprint density at radius 1 is 0.939 bits per heavy atom. The molecule has 7 nitrogen and oxygen atoms in total. The van der Waals surface area contributed by atoms with E-state index < -0.39 is 17.8 Å². The first-order valence-electron chi connectivity index (χ1n) is 9.74. The van der Waals surface area contributed by atoms with Crippen molar-refractivity contribution in [2.45, 2.75) is 13.8 Å². The standard InChI is InChI=1S/C24H19BrClN3O4/c1-14-13-16(25)11-12-20(14)27-22(30)23(31)29-28-15(2)17-7-4-6-10-21(17)33-24(32)18-8-3-5-9-19(18)26/h3-13H,1-2H3,(H,27,30)(H,29,31)/b28-15+. The molecule has 0 fully saturated rings. The van der Waals surface area contributed by atoms with Gasteiger partial charge in [-0.05, 0) is 61.9 Å². The van der Waals surface area contributed by atoms with E-state index in [-0.39, 0.29) is 16.3 Å². The smallest absolute Gasteiger partial charge is 0.345 e. The van der Waals surface area contributed by atoms with Crippen molar-refractivity contribution < 1.29 is 19.1 Å². The molecule has 0 aliphatic rings. The largest absolute Gasteiger partial charge is 0.422 e. The molecular formula is C24H19BrClN3O4. The number of halogens is 2. The topological polar surface area (TPSA) is 96.9 Å². The first-order chi connectivity index (χ1) is 15.8. The van der Waals surface area contributed by atoms with E-state index in [9.17, 15) is 14.4 Å². The zero-order valence-corrected chi connectivity index (χ0v) is 20.0. The Bertz CT molecular complexity index is 1260. The van der Waals surface area contributed by atoms with Crippen molar-refractivity contribution in [3.8, 4) is 5.75 Å². The van der Waals surface area contributed by atoms with E-state index in [4.69, 9.17) is 16.3 Å². The zero-order valence-electron chi connectivity index (χ0n) is 17.7. The fourth-order valence-electron chi connectivity index (χ4n) is 2.83. The van der Waals surface area contributed by atoms with E-state index >= 15 is 0 Å². The van der Waals surface area contributed by atoms with Gasteiger partial charge in [-0.3, -0.25) is 9.59 Å². The lowest BCUT2D eigenvalue weighted by Crippen LogP contribution is -2.33. The van der Waals surface area contributed by atoms with Gasteiger partial charge in [0.25, 0.3) is 0 Å². The average molecular weight is 529 g/mol. The highest BCUT2D eigenvalue weighted by Gasteiger charge is 2.17. The van der Waals surface area contributed by atoms with Crippen molar-refractivity contribution in [3.63, 3.8) is 0 Å². The Morgan fingerprint density at radius 3 is 2.30 bits per heavy atom. The monoisotopic (exact) mass is 527 g/mol. The van der Waals surface area contributed by atoms with Gasteiger partial charge < -0.3 is 10.1 Å². The van der Waals surface area contributed by atoms with Gasteiger partial charge in [-0.25, -0.2) is 10.2 Å². The van der Waals surface area contributed by atoms with Crippen LogP contribution in [0.3, 0.4) is 0 Å². The number of benzene rings is 3. The second-order valence-corrected chi connectivity index (χ2v) is 8.24. The van der Waals surface area contributed by atoms with Crippen molar-refractivity contribution in [2.24, 2.45) is 5.10 Å². The Balaban J connectivity index is 1.70. The molecule has 0 aliphatic heterocycles. The highest BCUT2D eigenvalue weighted by Crippen LogP contribution is 2.23. The summed E-state index contributed by atoms with van der Waals surface area (Å²) < 4.78 is 6.35. The normalized spacial score (nSPS) is 11.0. The average Bonchev–Trinajstić information content (AvgIpc) is 2.79. The van der Waals surface area contributed by atoms with Crippen molar-refractivity contribution in [2.75, 3.05) is 5.32 Å². The van der Waals surface area contributed by atoms with Crippen LogP contribution in [0, 0.1) is 6.92 Å². The van der Waals surface area contributed by atoms with Crippen LogP contribution in [0.25, 0.3) is 0 Å². The number of hydrazone groups is 1. The van der Waals surface area contributed by atoms with Crippen LogP contribution in [0.15, 0.2) is 76.3 Å². The van der Waals surface area contributed by atoms with Crippen molar-refractivity contribution in [1.82, 2.24) is 5.43 Å². The number of anilines is 1. The molecule has 2 amide bonds. The minimum atomic E-state index is -0.942. The summed E-state index contributed by atoms with van der Waals surface area (Å²) in [6, 6.07) is 18.5. The third-order valence-electron chi connectivity index (χ3n) is 4.54. The molecule has 2 N–H and O–H groups in total. The fourth-order valence-corrected chi connectivity index (χ4v) is 3.52. The van der Waals surface area contributed by atoms with E-state index in [1.807, 2.05) is 6.07 Å². The van der Waals surface area contributed by atoms with Crippen LogP contribution < -0.4 is 15.5 Å². The predicted molar refractivity (Wildman–Crippen MR) is 131 cm³/mol. The van der Waals surface area contributed by atoms with Crippen LogP contribution >= 0.6 is 27.5 Å². The van der Waals surface area contributed by atoms with Crippen molar-refractivity contribution >= 4 is 56.7 Å². The molecule has 3 aromatic carbocycles. The van der Waals surface area contributed by atoms with E-state index in [0.717, 1.165) is 10.0 Å². The highest BCUT2D eigenvalue weighted by atomic mass is 79.9. The number of nitrogens with zero attached hydrogens (tertiary/aromatic N) is 1. The number of hydrogen-bond acceptors (Lipinski definition) is 5. The van der Waals surface area contributed by atoms with Crippen LogP contribution in [-0.2, 0) is 9.59 Å². The second-order valence-electron chi connectivity index (χ2n) is 6.92. The Kier molecular flexibility index (Phi) is 7.97. The number of esters is 1. The lowest BCUT2D eigenvalue weighted by Gasteiger charge is -2.11. The second kappa shape index (κ2) is 10.9. The molecule has 0 radical (unpaired) electrons. The molecule has 9 heteroatoms. The number of nitrogens with one attached hydrogen (secondary N) is 2. The number of hydrogen-bond donors (Lipinski definition) is 2. The zero-order chi connectivity index (χ0) is 24.0. The van der Waals surface area contributed by atoms with Gasteiger partial charge in [-0.2, -0.15) is 5.10 Å². The predicted octanol–water partition coefficient (Wildman–Crippen LogP) is 5.11. The Morgan fingerprint density at radius 2 is 1.61 bits per heavy atom. The molecule has 3 rings (SSSR count).